The molecule has 6 unspecified atom stereocenters. The van der Waals surface area contributed by atoms with E-state index in [1.54, 1.807) is 35.2 Å². The third kappa shape index (κ3) is 10.7. The average molecular weight is 871 g/mol. The molecular formula is C47H58N4O12. The van der Waals surface area contributed by atoms with Gasteiger partial charge in [0.2, 0.25) is 5.79 Å². The SMILES string of the molecule is C=CCOC12Oc3ccc(Oc4cccc([N+](=O)[O-])c4)cc3C3C(CCCCO)C(CCCCO)C=C(C(=NOC(C)(C)C)CC1N(CCC)C(=O)Oc1ccc([N+](=O)[O-])cc1)C32. The summed E-state index contributed by atoms with van der Waals surface area (Å²) < 4.78 is 26.5. The summed E-state index contributed by atoms with van der Waals surface area (Å²) >= 11 is 0. The van der Waals surface area contributed by atoms with Crippen molar-refractivity contribution in [3.63, 3.8) is 0 Å². The third-order valence-corrected chi connectivity index (χ3v) is 11.7. The Kier molecular flexibility index (Phi) is 15.2. The Balaban J connectivity index is 1.58. The number of amides is 1. The Hall–Kier alpha value is -5.84. The highest BCUT2D eigenvalue weighted by Crippen LogP contribution is 2.62. The van der Waals surface area contributed by atoms with Crippen LogP contribution >= 0.6 is 0 Å². The van der Waals surface area contributed by atoms with E-state index < -0.39 is 39.3 Å². The quantitative estimate of drug-likeness (QED) is 0.0471. The summed E-state index contributed by atoms with van der Waals surface area (Å²) in [7, 11) is 0. The van der Waals surface area contributed by atoms with E-state index in [1.807, 2.05) is 33.8 Å². The normalized spacial score (nSPS) is 23.0. The molecule has 338 valence electrons. The third-order valence-electron chi connectivity index (χ3n) is 11.7. The van der Waals surface area contributed by atoms with E-state index in [-0.39, 0.29) is 73.4 Å². The molecule has 0 spiro atoms. The summed E-state index contributed by atoms with van der Waals surface area (Å²) in [4.78, 5) is 44.4. The van der Waals surface area contributed by atoms with Crippen molar-refractivity contribution >= 4 is 23.2 Å². The number of ether oxygens (including phenoxy) is 4. The van der Waals surface area contributed by atoms with Crippen LogP contribution in [0, 0.1) is 38.0 Å². The van der Waals surface area contributed by atoms with Crippen LogP contribution in [0.3, 0.4) is 0 Å². The maximum absolute atomic E-state index is 14.6. The lowest BCUT2D eigenvalue weighted by Crippen LogP contribution is -2.70. The molecule has 1 aliphatic heterocycles. The number of nitro benzene ring substituents is 2. The lowest BCUT2D eigenvalue weighted by atomic mass is 9.55. The molecule has 1 heterocycles. The Labute approximate surface area is 367 Å². The maximum Gasteiger partial charge on any atom is 0.415 e. The molecule has 2 N–H and O–H groups in total. The van der Waals surface area contributed by atoms with Crippen LogP contribution in [0.2, 0.25) is 0 Å². The Morgan fingerprint density at radius 3 is 2.29 bits per heavy atom. The predicted molar refractivity (Wildman–Crippen MR) is 235 cm³/mol. The van der Waals surface area contributed by atoms with Gasteiger partial charge >= 0.3 is 6.09 Å². The molecule has 2 aliphatic carbocycles. The largest absolute Gasteiger partial charge is 0.459 e. The molecule has 1 amide bonds. The maximum atomic E-state index is 14.6. The van der Waals surface area contributed by atoms with Gasteiger partial charge in [0.1, 0.15) is 34.6 Å². The lowest BCUT2D eigenvalue weighted by Gasteiger charge is -2.60. The minimum atomic E-state index is -1.56. The summed E-state index contributed by atoms with van der Waals surface area (Å²) in [5, 5.41) is 47.7. The van der Waals surface area contributed by atoms with Gasteiger partial charge in [-0.15, -0.1) is 6.58 Å². The highest BCUT2D eigenvalue weighted by Gasteiger charge is 2.65. The minimum Gasteiger partial charge on any atom is -0.459 e. The Morgan fingerprint density at radius 1 is 0.952 bits per heavy atom. The number of allylic oxidation sites excluding steroid dienone is 1. The number of unbranched alkanes of at least 4 members (excludes halogenated alkanes) is 2. The van der Waals surface area contributed by atoms with Gasteiger partial charge in [0, 0.05) is 55.9 Å². The second-order valence-electron chi connectivity index (χ2n) is 17.1. The number of hydrogen-bond donors (Lipinski definition) is 2. The van der Waals surface area contributed by atoms with Gasteiger partial charge in [0.05, 0.1) is 34.1 Å². The second kappa shape index (κ2) is 20.6. The fourth-order valence-corrected chi connectivity index (χ4v) is 9.11. The van der Waals surface area contributed by atoms with E-state index in [2.05, 4.69) is 12.7 Å². The number of nitro groups is 2. The van der Waals surface area contributed by atoms with Crippen LogP contribution in [0.25, 0.3) is 0 Å². The summed E-state index contributed by atoms with van der Waals surface area (Å²) in [6.45, 7) is 12.0. The first-order valence-corrected chi connectivity index (χ1v) is 21.6. The molecule has 1 saturated carbocycles. The van der Waals surface area contributed by atoms with Crippen molar-refractivity contribution in [2.75, 3.05) is 26.4 Å². The number of nitrogens with zero attached hydrogens (tertiary/aromatic N) is 4. The molecule has 16 heteroatoms. The molecule has 0 saturated heterocycles. The average Bonchev–Trinajstić information content (AvgIpc) is 3.25. The van der Waals surface area contributed by atoms with Crippen molar-refractivity contribution in [2.45, 2.75) is 102 Å². The molecule has 6 atom stereocenters. The van der Waals surface area contributed by atoms with Gasteiger partial charge in [-0.25, -0.2) is 4.79 Å². The number of non-ortho nitro benzene ring substituents is 2. The first kappa shape index (κ1) is 46.7. The topological polar surface area (TPSA) is 206 Å². The zero-order valence-corrected chi connectivity index (χ0v) is 36.4. The molecule has 6 rings (SSSR count). The van der Waals surface area contributed by atoms with Crippen molar-refractivity contribution in [3.8, 4) is 23.0 Å². The van der Waals surface area contributed by atoms with Crippen LogP contribution in [0.4, 0.5) is 16.2 Å². The molecule has 3 aromatic rings. The molecule has 3 aliphatic rings. The number of rotatable bonds is 20. The molecule has 16 nitrogen and oxygen atoms in total. The number of aliphatic hydroxyl groups excluding tert-OH is 2. The van der Waals surface area contributed by atoms with Crippen molar-refractivity contribution in [1.29, 1.82) is 0 Å². The lowest BCUT2D eigenvalue weighted by molar-refractivity contribution is -0.385. The number of fused-ring (bicyclic) bond motifs is 2. The van der Waals surface area contributed by atoms with E-state index in [9.17, 15) is 35.2 Å². The standard InChI is InChI=1S/C47H58N4O12/c1-6-23-49(45(54)61-34-19-17-32(18-20-34)50(55)56)42-30-40(48-63-46(3,4)5)38-27-31(13-8-10-24-52)37(16-9-11-25-53)43-39-29-36(60-35-15-12-14-33(28-35)51(57)58)21-22-41(39)62-47(42,44(38)43)59-26-7-2/h7,12,14-15,17-22,27-29,31,37,42-44,52-53H,2,6,8-11,13,16,23-26,30H2,1,3-5H3. The number of carbonyl (C=O) groups excluding carboxylic acids is 1. The zero-order valence-electron chi connectivity index (χ0n) is 36.4. The van der Waals surface area contributed by atoms with Crippen LogP contribution in [0.5, 0.6) is 23.0 Å². The monoisotopic (exact) mass is 870 g/mol. The molecule has 1 fully saturated rings. The molecule has 3 aromatic carbocycles. The fraction of sp³-hybridized carbons (Fsp3) is 0.489. The highest BCUT2D eigenvalue weighted by atomic mass is 16.7. The van der Waals surface area contributed by atoms with E-state index >= 15 is 0 Å². The fourth-order valence-electron chi connectivity index (χ4n) is 9.11. The van der Waals surface area contributed by atoms with Gasteiger partial charge in [-0.1, -0.05) is 43.1 Å². The van der Waals surface area contributed by atoms with Crippen molar-refractivity contribution in [2.24, 2.45) is 22.9 Å². The van der Waals surface area contributed by atoms with Gasteiger partial charge in [-0.05, 0) is 107 Å². The summed E-state index contributed by atoms with van der Waals surface area (Å²) in [5.74, 6) is -1.31. The number of aliphatic hydroxyl groups is 2. The van der Waals surface area contributed by atoms with E-state index in [1.165, 1.54) is 36.4 Å². The van der Waals surface area contributed by atoms with Crippen LogP contribution in [-0.2, 0) is 9.57 Å². The van der Waals surface area contributed by atoms with Gasteiger partial charge in [-0.2, -0.15) is 0 Å². The molecule has 63 heavy (non-hydrogen) atoms. The molecule has 0 bridgehead atoms. The predicted octanol–water partition coefficient (Wildman–Crippen LogP) is 9.64. The van der Waals surface area contributed by atoms with Crippen molar-refractivity contribution < 1.29 is 48.6 Å². The summed E-state index contributed by atoms with van der Waals surface area (Å²) in [5.41, 5.74) is 1.31. The number of oxime groups is 1. The zero-order chi connectivity index (χ0) is 45.3. The molecule has 0 radical (unpaired) electrons. The van der Waals surface area contributed by atoms with E-state index in [4.69, 9.17) is 28.9 Å². The minimum absolute atomic E-state index is 0.0221. The highest BCUT2D eigenvalue weighted by molar-refractivity contribution is 6.03. The number of hydrogen-bond acceptors (Lipinski definition) is 13. The van der Waals surface area contributed by atoms with Gasteiger partial charge in [0.25, 0.3) is 11.4 Å². The number of benzene rings is 3. The van der Waals surface area contributed by atoms with Gasteiger partial charge < -0.3 is 34.0 Å². The Morgan fingerprint density at radius 2 is 1.63 bits per heavy atom. The molecule has 0 aromatic heterocycles. The van der Waals surface area contributed by atoms with E-state index in [0.29, 0.717) is 49.3 Å². The second-order valence-corrected chi connectivity index (χ2v) is 17.1. The molecular weight excluding hydrogens is 813 g/mol. The van der Waals surface area contributed by atoms with Crippen LogP contribution in [-0.4, -0.2) is 80.6 Å². The van der Waals surface area contributed by atoms with Gasteiger partial charge in [0.15, 0.2) is 0 Å². The summed E-state index contributed by atoms with van der Waals surface area (Å²) in [6.07, 6.45) is 7.93. The first-order chi connectivity index (χ1) is 30.2. The Bertz CT molecular complexity index is 2170. The summed E-state index contributed by atoms with van der Waals surface area (Å²) in [6, 6.07) is 15.8. The smallest absolute Gasteiger partial charge is 0.415 e. The number of carbonyl (C=O) groups is 1. The first-order valence-electron chi connectivity index (χ1n) is 21.6. The van der Waals surface area contributed by atoms with Crippen LogP contribution < -0.4 is 14.2 Å². The van der Waals surface area contributed by atoms with Crippen molar-refractivity contribution in [3.05, 3.63) is 117 Å². The van der Waals surface area contributed by atoms with E-state index in [0.717, 1.165) is 24.0 Å². The van der Waals surface area contributed by atoms with Gasteiger partial charge in [-0.3, -0.25) is 25.1 Å². The van der Waals surface area contributed by atoms with Crippen LogP contribution in [0.15, 0.2) is 96.2 Å². The van der Waals surface area contributed by atoms with Crippen molar-refractivity contribution in [1.82, 2.24) is 4.90 Å². The van der Waals surface area contributed by atoms with Crippen LogP contribution in [0.1, 0.15) is 90.5 Å².